The molecule has 112 valence electrons. The zero-order valence-corrected chi connectivity index (χ0v) is 12.9. The molecule has 2 aliphatic carbocycles. The number of ether oxygens (including phenoxy) is 2. The van der Waals surface area contributed by atoms with Crippen LogP contribution in [0.1, 0.15) is 52.9 Å². The Kier molecular flexibility index (Phi) is 5.67. The summed E-state index contributed by atoms with van der Waals surface area (Å²) in [7, 11) is 0. The first kappa shape index (κ1) is 15.3. The fourth-order valence-electron chi connectivity index (χ4n) is 3.80. The monoisotopic (exact) mass is 269 g/mol. The van der Waals surface area contributed by atoms with Gasteiger partial charge in [-0.15, -0.1) is 0 Å². The lowest BCUT2D eigenvalue weighted by atomic mass is 9.60. The summed E-state index contributed by atoms with van der Waals surface area (Å²) in [6, 6.07) is 0.661. The smallest absolute Gasteiger partial charge is 0.0661 e. The molecule has 0 amide bonds. The SMILES string of the molecule is CCOC1CC(NCCOCC(C)C)C12CCCC2. The molecule has 2 unspecified atom stereocenters. The molecule has 2 rings (SSSR count). The third-order valence-electron chi connectivity index (χ3n) is 4.78. The van der Waals surface area contributed by atoms with Gasteiger partial charge in [-0.2, -0.15) is 0 Å². The Morgan fingerprint density at radius 3 is 2.63 bits per heavy atom. The second-order valence-corrected chi connectivity index (χ2v) is 6.60. The van der Waals surface area contributed by atoms with E-state index in [0.717, 1.165) is 26.4 Å². The van der Waals surface area contributed by atoms with Gasteiger partial charge in [-0.3, -0.25) is 0 Å². The van der Waals surface area contributed by atoms with E-state index in [1.54, 1.807) is 0 Å². The van der Waals surface area contributed by atoms with Crippen molar-refractivity contribution in [2.45, 2.75) is 65.0 Å². The first-order chi connectivity index (χ1) is 9.19. The molecule has 0 saturated heterocycles. The van der Waals surface area contributed by atoms with Gasteiger partial charge in [-0.25, -0.2) is 0 Å². The number of rotatable bonds is 8. The Labute approximate surface area is 118 Å². The highest BCUT2D eigenvalue weighted by molar-refractivity contribution is 5.09. The Morgan fingerprint density at radius 2 is 2.00 bits per heavy atom. The molecule has 0 aliphatic heterocycles. The first-order valence-electron chi connectivity index (χ1n) is 8.11. The van der Waals surface area contributed by atoms with Gasteiger partial charge in [-0.05, 0) is 32.1 Å². The molecule has 3 heteroatoms. The van der Waals surface area contributed by atoms with E-state index in [1.807, 2.05) is 0 Å². The summed E-state index contributed by atoms with van der Waals surface area (Å²) in [4.78, 5) is 0. The van der Waals surface area contributed by atoms with E-state index < -0.39 is 0 Å². The molecule has 2 fully saturated rings. The molecule has 0 heterocycles. The number of hydrogen-bond donors (Lipinski definition) is 1. The van der Waals surface area contributed by atoms with Crippen LogP contribution in [0.2, 0.25) is 0 Å². The van der Waals surface area contributed by atoms with E-state index >= 15 is 0 Å². The van der Waals surface area contributed by atoms with Gasteiger partial charge in [0.1, 0.15) is 0 Å². The van der Waals surface area contributed by atoms with Crippen LogP contribution in [0.15, 0.2) is 0 Å². The van der Waals surface area contributed by atoms with Crippen molar-refractivity contribution in [3.8, 4) is 0 Å². The molecule has 1 N–H and O–H groups in total. The van der Waals surface area contributed by atoms with E-state index in [2.05, 4.69) is 26.1 Å². The Bertz CT molecular complexity index is 261. The summed E-state index contributed by atoms with van der Waals surface area (Å²) in [5.74, 6) is 0.632. The molecule has 2 atom stereocenters. The van der Waals surface area contributed by atoms with E-state index in [9.17, 15) is 0 Å². The van der Waals surface area contributed by atoms with E-state index in [0.29, 0.717) is 23.5 Å². The standard InChI is InChI=1S/C16H31NO2/c1-4-19-15-11-14(16(15)7-5-6-8-16)17-9-10-18-12-13(2)3/h13-15,17H,4-12H2,1-3H3. The highest BCUT2D eigenvalue weighted by Crippen LogP contribution is 2.54. The van der Waals surface area contributed by atoms with E-state index in [1.165, 1.54) is 32.1 Å². The van der Waals surface area contributed by atoms with Crippen LogP contribution in [0, 0.1) is 11.3 Å². The van der Waals surface area contributed by atoms with Crippen molar-refractivity contribution in [2.75, 3.05) is 26.4 Å². The Hall–Kier alpha value is -0.120. The topological polar surface area (TPSA) is 30.5 Å². The van der Waals surface area contributed by atoms with E-state index in [-0.39, 0.29) is 0 Å². The van der Waals surface area contributed by atoms with Gasteiger partial charge < -0.3 is 14.8 Å². The van der Waals surface area contributed by atoms with Crippen LogP contribution in [0.3, 0.4) is 0 Å². The molecule has 0 bridgehead atoms. The third-order valence-corrected chi connectivity index (χ3v) is 4.78. The maximum absolute atomic E-state index is 5.93. The maximum Gasteiger partial charge on any atom is 0.0661 e. The highest BCUT2D eigenvalue weighted by atomic mass is 16.5. The largest absolute Gasteiger partial charge is 0.380 e. The van der Waals surface area contributed by atoms with Gasteiger partial charge in [0.25, 0.3) is 0 Å². The fourth-order valence-corrected chi connectivity index (χ4v) is 3.80. The molecule has 2 saturated carbocycles. The summed E-state index contributed by atoms with van der Waals surface area (Å²) in [5, 5.41) is 3.71. The van der Waals surface area contributed by atoms with E-state index in [4.69, 9.17) is 9.47 Å². The Morgan fingerprint density at radius 1 is 1.26 bits per heavy atom. The predicted molar refractivity (Wildman–Crippen MR) is 78.4 cm³/mol. The summed E-state index contributed by atoms with van der Waals surface area (Å²) >= 11 is 0. The van der Waals surface area contributed by atoms with Crippen molar-refractivity contribution in [1.82, 2.24) is 5.32 Å². The number of nitrogens with one attached hydrogen (secondary N) is 1. The average molecular weight is 269 g/mol. The number of hydrogen-bond acceptors (Lipinski definition) is 3. The normalized spacial score (nSPS) is 29.1. The average Bonchev–Trinajstić information content (AvgIpc) is 2.88. The van der Waals surface area contributed by atoms with Crippen LogP contribution in [0.25, 0.3) is 0 Å². The molecule has 3 nitrogen and oxygen atoms in total. The second-order valence-electron chi connectivity index (χ2n) is 6.60. The van der Waals surface area contributed by atoms with Gasteiger partial charge in [0.05, 0.1) is 12.7 Å². The molecular formula is C16H31NO2. The fraction of sp³-hybridized carbons (Fsp3) is 1.00. The molecular weight excluding hydrogens is 238 g/mol. The Balaban J connectivity index is 1.69. The first-order valence-corrected chi connectivity index (χ1v) is 8.11. The zero-order valence-electron chi connectivity index (χ0n) is 12.9. The summed E-state index contributed by atoms with van der Waals surface area (Å²) in [6.45, 7) is 10.1. The lowest BCUT2D eigenvalue weighted by Gasteiger charge is -2.54. The lowest BCUT2D eigenvalue weighted by molar-refractivity contribution is -0.131. The van der Waals surface area contributed by atoms with Crippen molar-refractivity contribution >= 4 is 0 Å². The van der Waals surface area contributed by atoms with Crippen molar-refractivity contribution < 1.29 is 9.47 Å². The van der Waals surface area contributed by atoms with Gasteiger partial charge >= 0.3 is 0 Å². The van der Waals surface area contributed by atoms with Crippen LogP contribution >= 0.6 is 0 Å². The van der Waals surface area contributed by atoms with Gasteiger partial charge in [0.2, 0.25) is 0 Å². The summed E-state index contributed by atoms with van der Waals surface area (Å²) in [5.41, 5.74) is 0.452. The minimum Gasteiger partial charge on any atom is -0.380 e. The third kappa shape index (κ3) is 3.50. The van der Waals surface area contributed by atoms with Crippen LogP contribution < -0.4 is 5.32 Å². The minimum absolute atomic E-state index is 0.452. The minimum atomic E-state index is 0.452. The summed E-state index contributed by atoms with van der Waals surface area (Å²) < 4.78 is 11.6. The molecule has 0 aromatic heterocycles. The van der Waals surface area contributed by atoms with Crippen molar-refractivity contribution in [1.29, 1.82) is 0 Å². The highest BCUT2D eigenvalue weighted by Gasteiger charge is 2.56. The molecule has 0 radical (unpaired) electrons. The van der Waals surface area contributed by atoms with Crippen LogP contribution in [0.4, 0.5) is 0 Å². The predicted octanol–water partition coefficient (Wildman–Crippen LogP) is 2.99. The van der Waals surface area contributed by atoms with Crippen molar-refractivity contribution in [2.24, 2.45) is 11.3 Å². The molecule has 19 heavy (non-hydrogen) atoms. The molecule has 2 aliphatic rings. The quantitative estimate of drug-likeness (QED) is 0.687. The van der Waals surface area contributed by atoms with Crippen LogP contribution in [-0.2, 0) is 9.47 Å². The van der Waals surface area contributed by atoms with Crippen LogP contribution in [0.5, 0.6) is 0 Å². The van der Waals surface area contributed by atoms with Gasteiger partial charge in [0, 0.05) is 31.2 Å². The van der Waals surface area contributed by atoms with Crippen LogP contribution in [-0.4, -0.2) is 38.5 Å². The molecule has 0 aromatic carbocycles. The molecule has 1 spiro atoms. The van der Waals surface area contributed by atoms with Gasteiger partial charge in [0.15, 0.2) is 0 Å². The zero-order chi connectivity index (χ0) is 13.7. The van der Waals surface area contributed by atoms with Crippen molar-refractivity contribution in [3.63, 3.8) is 0 Å². The summed E-state index contributed by atoms with van der Waals surface area (Å²) in [6.07, 6.45) is 7.16. The lowest BCUT2D eigenvalue weighted by Crippen LogP contribution is -2.63. The molecule has 0 aromatic rings. The van der Waals surface area contributed by atoms with Gasteiger partial charge in [-0.1, -0.05) is 26.7 Å². The second kappa shape index (κ2) is 7.05. The maximum atomic E-state index is 5.93. The van der Waals surface area contributed by atoms with Crippen molar-refractivity contribution in [3.05, 3.63) is 0 Å².